The number of allylic oxidation sites excluding steroid dienone is 1. The van der Waals surface area contributed by atoms with E-state index in [9.17, 15) is 0 Å². The minimum atomic E-state index is 0.126. The van der Waals surface area contributed by atoms with Crippen LogP contribution in [0.5, 0.6) is 0 Å². The van der Waals surface area contributed by atoms with E-state index in [1.165, 1.54) is 24.0 Å². The maximum atomic E-state index is 6.40. The second-order valence-corrected chi connectivity index (χ2v) is 10.7. The van der Waals surface area contributed by atoms with E-state index < -0.39 is 0 Å². The Hall–Kier alpha value is -1.84. The lowest BCUT2D eigenvalue weighted by Crippen LogP contribution is -2.38. The molecule has 0 bridgehead atoms. The van der Waals surface area contributed by atoms with E-state index >= 15 is 0 Å². The molecule has 7 nitrogen and oxygen atoms in total. The predicted molar refractivity (Wildman–Crippen MR) is 157 cm³/mol. The number of aromatic nitrogens is 2. The molecule has 0 amide bonds. The van der Waals surface area contributed by atoms with Crippen molar-refractivity contribution in [2.45, 2.75) is 64.6 Å². The molecule has 2 heterocycles. The van der Waals surface area contributed by atoms with Gasteiger partial charge in [-0.15, -0.1) is 0 Å². The zero-order chi connectivity index (χ0) is 26.1. The van der Waals surface area contributed by atoms with Crippen LogP contribution in [0.4, 0.5) is 11.5 Å². The third-order valence-corrected chi connectivity index (χ3v) is 7.66. The SMILES string of the molecule is C=Nc1cc(C2CCCCN2Cc2cc(Cl)ccc2NSC)nn1/C=C(/C)CC(CC)C(N)CNC. The summed E-state index contributed by atoms with van der Waals surface area (Å²) in [6, 6.07) is 8.49. The van der Waals surface area contributed by atoms with Gasteiger partial charge in [0, 0.05) is 48.4 Å². The van der Waals surface area contributed by atoms with Crippen LogP contribution in [-0.2, 0) is 6.54 Å². The smallest absolute Gasteiger partial charge is 0.154 e. The fourth-order valence-electron chi connectivity index (χ4n) is 5.09. The summed E-state index contributed by atoms with van der Waals surface area (Å²) in [7, 11) is 1.95. The number of rotatable bonds is 13. The summed E-state index contributed by atoms with van der Waals surface area (Å²) in [5.41, 5.74) is 11.0. The molecular formula is C27H42ClN7S. The maximum absolute atomic E-state index is 6.40. The van der Waals surface area contributed by atoms with E-state index in [-0.39, 0.29) is 12.1 Å². The van der Waals surface area contributed by atoms with Crippen LogP contribution in [0.1, 0.15) is 63.3 Å². The monoisotopic (exact) mass is 531 g/mol. The first-order valence-corrected chi connectivity index (χ1v) is 14.5. The summed E-state index contributed by atoms with van der Waals surface area (Å²) in [5.74, 6) is 1.19. The number of halogens is 1. The Labute approximate surface area is 226 Å². The largest absolute Gasteiger partial charge is 0.330 e. The van der Waals surface area contributed by atoms with Crippen LogP contribution in [0.2, 0.25) is 5.02 Å². The first-order chi connectivity index (χ1) is 17.4. The van der Waals surface area contributed by atoms with Crippen LogP contribution in [0.15, 0.2) is 34.8 Å². The molecule has 3 rings (SSSR count). The summed E-state index contributed by atoms with van der Waals surface area (Å²) in [5, 5.41) is 8.96. The number of aliphatic imine (C=N–C) groups is 1. The van der Waals surface area contributed by atoms with Gasteiger partial charge >= 0.3 is 0 Å². The zero-order valence-electron chi connectivity index (χ0n) is 22.1. The van der Waals surface area contributed by atoms with Crippen LogP contribution >= 0.6 is 23.5 Å². The normalized spacial score (nSPS) is 18.7. The minimum Gasteiger partial charge on any atom is -0.330 e. The van der Waals surface area contributed by atoms with Gasteiger partial charge in [0.25, 0.3) is 0 Å². The molecule has 0 radical (unpaired) electrons. The van der Waals surface area contributed by atoms with Gasteiger partial charge in [-0.25, -0.2) is 9.67 Å². The molecule has 0 aliphatic carbocycles. The Morgan fingerprint density at radius 1 is 1.39 bits per heavy atom. The lowest BCUT2D eigenvalue weighted by Gasteiger charge is -2.35. The third kappa shape index (κ3) is 7.59. The Morgan fingerprint density at radius 2 is 2.19 bits per heavy atom. The molecule has 1 fully saturated rings. The third-order valence-electron chi connectivity index (χ3n) is 7.00. The molecule has 1 saturated heterocycles. The van der Waals surface area contributed by atoms with E-state index in [1.807, 2.05) is 24.1 Å². The zero-order valence-corrected chi connectivity index (χ0v) is 23.7. The summed E-state index contributed by atoms with van der Waals surface area (Å²) < 4.78 is 5.28. The second-order valence-electron chi connectivity index (χ2n) is 9.69. The van der Waals surface area contributed by atoms with Crippen LogP contribution in [-0.4, -0.2) is 53.8 Å². The lowest BCUT2D eigenvalue weighted by molar-refractivity contribution is 0.137. The van der Waals surface area contributed by atoms with Gasteiger partial charge in [0.15, 0.2) is 5.82 Å². The van der Waals surface area contributed by atoms with Gasteiger partial charge in [0.1, 0.15) is 0 Å². The number of piperidine rings is 1. The number of nitrogens with zero attached hydrogens (tertiary/aromatic N) is 4. The molecule has 1 aromatic heterocycles. The van der Waals surface area contributed by atoms with Gasteiger partial charge in [-0.05, 0) is 76.2 Å². The fourth-order valence-corrected chi connectivity index (χ4v) is 5.71. The fraction of sp³-hybridized carbons (Fsp3) is 0.556. The number of hydrogen-bond acceptors (Lipinski definition) is 7. The Bertz CT molecular complexity index is 1020. The van der Waals surface area contributed by atoms with Crippen molar-refractivity contribution in [3.05, 3.63) is 46.1 Å². The molecule has 9 heteroatoms. The van der Waals surface area contributed by atoms with Crippen molar-refractivity contribution in [1.29, 1.82) is 0 Å². The van der Waals surface area contributed by atoms with Crippen molar-refractivity contribution in [2.24, 2.45) is 16.6 Å². The quantitative estimate of drug-likeness (QED) is 0.213. The highest BCUT2D eigenvalue weighted by atomic mass is 35.5. The number of likely N-dealkylation sites (tertiary alicyclic amines) is 1. The number of likely N-dealkylation sites (N-methyl/N-ethyl adjacent to an activating group) is 1. The highest BCUT2D eigenvalue weighted by Crippen LogP contribution is 2.35. The molecule has 0 saturated carbocycles. The van der Waals surface area contributed by atoms with E-state index in [4.69, 9.17) is 22.4 Å². The van der Waals surface area contributed by atoms with Crippen LogP contribution < -0.4 is 15.8 Å². The number of benzene rings is 1. The first kappa shape index (κ1) is 28.7. The number of nitrogens with one attached hydrogen (secondary N) is 2. The predicted octanol–water partition coefficient (Wildman–Crippen LogP) is 6.11. The van der Waals surface area contributed by atoms with Gasteiger partial charge in [0.05, 0.1) is 11.7 Å². The minimum absolute atomic E-state index is 0.126. The number of nitrogens with two attached hydrogens (primary N) is 1. The number of anilines is 1. The number of hydrogen-bond donors (Lipinski definition) is 3. The van der Waals surface area contributed by atoms with Gasteiger partial charge in [-0.2, -0.15) is 5.10 Å². The second kappa shape index (κ2) is 14.2. The molecule has 4 N–H and O–H groups in total. The van der Waals surface area contributed by atoms with E-state index in [0.29, 0.717) is 5.92 Å². The molecular weight excluding hydrogens is 490 g/mol. The highest BCUT2D eigenvalue weighted by Gasteiger charge is 2.27. The van der Waals surface area contributed by atoms with Gasteiger partial charge in [0.2, 0.25) is 0 Å². The van der Waals surface area contributed by atoms with Crippen molar-refractivity contribution < 1.29 is 0 Å². The topological polar surface area (TPSA) is 83.5 Å². The molecule has 1 aliphatic rings. The van der Waals surface area contributed by atoms with E-state index in [2.05, 4.69) is 64.9 Å². The van der Waals surface area contributed by atoms with Crippen molar-refractivity contribution >= 4 is 48.0 Å². The molecule has 36 heavy (non-hydrogen) atoms. The molecule has 1 aromatic carbocycles. The highest BCUT2D eigenvalue weighted by molar-refractivity contribution is 7.99. The van der Waals surface area contributed by atoms with Gasteiger partial charge in [-0.3, -0.25) is 4.90 Å². The summed E-state index contributed by atoms with van der Waals surface area (Å²) in [6.45, 7) is 10.8. The van der Waals surface area contributed by atoms with Gasteiger partial charge < -0.3 is 15.8 Å². The van der Waals surface area contributed by atoms with Crippen molar-refractivity contribution in [2.75, 3.05) is 31.1 Å². The summed E-state index contributed by atoms with van der Waals surface area (Å²) in [4.78, 5) is 6.80. The average molecular weight is 532 g/mol. The maximum Gasteiger partial charge on any atom is 0.154 e. The van der Waals surface area contributed by atoms with Crippen LogP contribution in [0.3, 0.4) is 0 Å². The Morgan fingerprint density at radius 3 is 2.89 bits per heavy atom. The van der Waals surface area contributed by atoms with Crippen molar-refractivity contribution in [1.82, 2.24) is 20.0 Å². The average Bonchev–Trinajstić information content (AvgIpc) is 3.27. The van der Waals surface area contributed by atoms with Crippen molar-refractivity contribution in [3.63, 3.8) is 0 Å². The molecule has 3 unspecified atom stereocenters. The molecule has 1 aliphatic heterocycles. The Kier molecular flexibility index (Phi) is 11.3. The van der Waals surface area contributed by atoms with E-state index in [0.717, 1.165) is 61.1 Å². The molecule has 3 atom stereocenters. The molecule has 2 aromatic rings. The van der Waals surface area contributed by atoms with Crippen LogP contribution in [0, 0.1) is 5.92 Å². The van der Waals surface area contributed by atoms with Crippen molar-refractivity contribution in [3.8, 4) is 0 Å². The van der Waals surface area contributed by atoms with Crippen LogP contribution in [0.25, 0.3) is 6.20 Å². The summed E-state index contributed by atoms with van der Waals surface area (Å²) in [6.07, 6.45) is 9.53. The van der Waals surface area contributed by atoms with E-state index in [1.54, 1.807) is 11.9 Å². The standard InChI is InChI=1S/C27H42ClN7S/c1-6-20(23(29)16-30-3)13-19(2)17-35-27(31-4)15-25(32-35)26-9-7-8-12-34(26)18-21-14-22(28)10-11-24(21)33-36-5/h10-11,14-15,17,20,23,26,30,33H,4,6-9,12-13,16,18,29H2,1-3,5H3/b19-17-. The summed E-state index contributed by atoms with van der Waals surface area (Å²) >= 11 is 7.95. The first-order valence-electron chi connectivity index (χ1n) is 12.8. The van der Waals surface area contributed by atoms with Gasteiger partial charge in [-0.1, -0.05) is 48.9 Å². The molecule has 198 valence electrons. The molecule has 0 spiro atoms. The lowest BCUT2D eigenvalue weighted by atomic mass is 9.91. The Balaban J connectivity index is 1.83.